The second-order valence-electron chi connectivity index (χ2n) is 5.49. The van der Waals surface area contributed by atoms with Crippen molar-refractivity contribution in [1.82, 2.24) is 0 Å². The predicted octanol–water partition coefficient (Wildman–Crippen LogP) is 1.31. The highest BCUT2D eigenvalue weighted by molar-refractivity contribution is 5.16. The summed E-state index contributed by atoms with van der Waals surface area (Å²) < 4.78 is 0. The maximum atomic E-state index is 10.2. The van der Waals surface area contributed by atoms with Crippen molar-refractivity contribution in [2.24, 2.45) is 10.8 Å². The summed E-state index contributed by atoms with van der Waals surface area (Å²) in [7, 11) is 0. The molecular weight excluding hydrogens is 152 g/mol. The molecule has 0 aromatic heterocycles. The van der Waals surface area contributed by atoms with E-state index in [0.29, 0.717) is 5.41 Å². The van der Waals surface area contributed by atoms with Crippen molar-refractivity contribution in [3.8, 4) is 0 Å². The molecule has 70 valence electrons. The minimum atomic E-state index is -0.536. The van der Waals surface area contributed by atoms with E-state index in [4.69, 9.17) is 5.11 Å². The summed E-state index contributed by atoms with van der Waals surface area (Å²) in [5.41, 5.74) is -0.354. The van der Waals surface area contributed by atoms with E-state index in [9.17, 15) is 5.11 Å². The molecule has 0 radical (unpaired) electrons. The average molecular weight is 170 g/mol. The van der Waals surface area contributed by atoms with E-state index in [2.05, 4.69) is 13.8 Å². The van der Waals surface area contributed by atoms with Crippen LogP contribution in [-0.2, 0) is 0 Å². The molecule has 2 aliphatic rings. The Kier molecular flexibility index (Phi) is 1.45. The van der Waals surface area contributed by atoms with Crippen LogP contribution in [-0.4, -0.2) is 22.4 Å². The van der Waals surface area contributed by atoms with E-state index >= 15 is 0 Å². The van der Waals surface area contributed by atoms with Crippen LogP contribution >= 0.6 is 0 Å². The van der Waals surface area contributed by atoms with Crippen LogP contribution in [0.25, 0.3) is 0 Å². The van der Waals surface area contributed by atoms with Gasteiger partial charge in [-0.2, -0.15) is 0 Å². The van der Waals surface area contributed by atoms with Crippen LogP contribution < -0.4 is 0 Å². The molecule has 12 heavy (non-hydrogen) atoms. The van der Waals surface area contributed by atoms with Crippen LogP contribution in [0.15, 0.2) is 0 Å². The zero-order valence-corrected chi connectivity index (χ0v) is 7.93. The molecule has 2 rings (SSSR count). The highest BCUT2D eigenvalue weighted by Crippen LogP contribution is 2.65. The van der Waals surface area contributed by atoms with Crippen LogP contribution in [0.2, 0.25) is 0 Å². The third-order valence-electron chi connectivity index (χ3n) is 3.69. The minimum Gasteiger partial charge on any atom is -0.396 e. The second kappa shape index (κ2) is 2.05. The lowest BCUT2D eigenvalue weighted by Crippen LogP contribution is -2.56. The van der Waals surface area contributed by atoms with Crippen molar-refractivity contribution in [1.29, 1.82) is 0 Å². The molecule has 2 nitrogen and oxygen atoms in total. The number of aliphatic hydroxyl groups is 2. The Balaban J connectivity index is 2.06. The lowest BCUT2D eigenvalue weighted by molar-refractivity contribution is -0.171. The lowest BCUT2D eigenvalue weighted by atomic mass is 9.55. The van der Waals surface area contributed by atoms with Gasteiger partial charge in [0, 0.05) is 5.41 Å². The van der Waals surface area contributed by atoms with Crippen LogP contribution in [0.3, 0.4) is 0 Å². The van der Waals surface area contributed by atoms with Crippen molar-refractivity contribution in [2.75, 3.05) is 6.61 Å². The summed E-state index contributed by atoms with van der Waals surface area (Å²) in [6, 6.07) is 0. The van der Waals surface area contributed by atoms with Gasteiger partial charge in [-0.15, -0.1) is 0 Å². The molecule has 2 heteroatoms. The Morgan fingerprint density at radius 2 is 1.67 bits per heavy atom. The Bertz CT molecular complexity index is 196. The Morgan fingerprint density at radius 1 is 1.17 bits per heavy atom. The first-order valence-electron chi connectivity index (χ1n) is 4.76. The molecule has 2 saturated carbocycles. The van der Waals surface area contributed by atoms with Crippen molar-refractivity contribution >= 4 is 0 Å². The van der Waals surface area contributed by atoms with Crippen LogP contribution in [0.5, 0.6) is 0 Å². The second-order valence-corrected chi connectivity index (χ2v) is 5.49. The van der Waals surface area contributed by atoms with E-state index in [1.54, 1.807) is 0 Å². The molecule has 0 unspecified atom stereocenters. The maximum absolute atomic E-state index is 10.2. The first-order chi connectivity index (χ1) is 5.43. The topological polar surface area (TPSA) is 40.5 Å². The fourth-order valence-electron chi connectivity index (χ4n) is 2.83. The van der Waals surface area contributed by atoms with E-state index in [-0.39, 0.29) is 12.0 Å². The summed E-state index contributed by atoms with van der Waals surface area (Å²) in [5.74, 6) is 0. The Labute approximate surface area is 73.6 Å². The van der Waals surface area contributed by atoms with Gasteiger partial charge in [-0.1, -0.05) is 13.8 Å². The maximum Gasteiger partial charge on any atom is 0.0735 e. The monoisotopic (exact) mass is 170 g/mol. The fourth-order valence-corrected chi connectivity index (χ4v) is 2.83. The fraction of sp³-hybridized carbons (Fsp3) is 1.00. The van der Waals surface area contributed by atoms with Crippen LogP contribution in [0, 0.1) is 10.8 Å². The quantitative estimate of drug-likeness (QED) is 0.656. The van der Waals surface area contributed by atoms with E-state index in [0.717, 1.165) is 25.7 Å². The van der Waals surface area contributed by atoms with Crippen LogP contribution in [0.1, 0.15) is 39.5 Å². The van der Waals surface area contributed by atoms with Crippen molar-refractivity contribution in [2.45, 2.75) is 45.1 Å². The smallest absolute Gasteiger partial charge is 0.0735 e. The van der Waals surface area contributed by atoms with Gasteiger partial charge >= 0.3 is 0 Å². The summed E-state index contributed by atoms with van der Waals surface area (Å²) in [6.07, 6.45) is 3.74. The molecule has 0 spiro atoms. The Morgan fingerprint density at radius 3 is 1.92 bits per heavy atom. The standard InChI is InChI=1S/C10H18O2/c1-8(2)5-10(12,6-8)9(7-11)3-4-9/h11-12H,3-7H2,1-2H3. The van der Waals surface area contributed by atoms with Gasteiger partial charge in [0.1, 0.15) is 0 Å². The largest absolute Gasteiger partial charge is 0.396 e. The molecule has 0 saturated heterocycles. The molecule has 0 aromatic rings. The van der Waals surface area contributed by atoms with Gasteiger partial charge in [0.25, 0.3) is 0 Å². The van der Waals surface area contributed by atoms with Gasteiger partial charge in [0.2, 0.25) is 0 Å². The highest BCUT2D eigenvalue weighted by Gasteiger charge is 2.65. The summed E-state index contributed by atoms with van der Waals surface area (Å²) in [6.45, 7) is 4.52. The molecule has 0 aromatic carbocycles. The SMILES string of the molecule is CC1(C)CC(O)(C2(CO)CC2)C1. The normalized spacial score (nSPS) is 34.0. The Hall–Kier alpha value is -0.0800. The first-order valence-corrected chi connectivity index (χ1v) is 4.76. The molecule has 2 fully saturated rings. The number of rotatable bonds is 2. The van der Waals surface area contributed by atoms with Gasteiger partial charge in [-0.25, -0.2) is 0 Å². The predicted molar refractivity (Wildman–Crippen MR) is 46.7 cm³/mol. The van der Waals surface area contributed by atoms with Crippen molar-refractivity contribution in [3.63, 3.8) is 0 Å². The molecule has 0 aliphatic heterocycles. The summed E-state index contributed by atoms with van der Waals surface area (Å²) in [4.78, 5) is 0. The summed E-state index contributed by atoms with van der Waals surface area (Å²) in [5, 5.41) is 19.3. The first kappa shape index (κ1) is 8.52. The molecule has 0 atom stereocenters. The summed E-state index contributed by atoms with van der Waals surface area (Å²) >= 11 is 0. The molecule has 0 heterocycles. The molecular formula is C10H18O2. The van der Waals surface area contributed by atoms with Crippen molar-refractivity contribution in [3.05, 3.63) is 0 Å². The van der Waals surface area contributed by atoms with Crippen molar-refractivity contribution < 1.29 is 10.2 Å². The third-order valence-corrected chi connectivity index (χ3v) is 3.69. The number of hydrogen-bond acceptors (Lipinski definition) is 2. The number of hydrogen-bond donors (Lipinski definition) is 2. The third kappa shape index (κ3) is 0.944. The van der Waals surface area contributed by atoms with Gasteiger partial charge < -0.3 is 10.2 Å². The zero-order valence-electron chi connectivity index (χ0n) is 7.93. The lowest BCUT2D eigenvalue weighted by Gasteiger charge is -2.54. The van der Waals surface area contributed by atoms with E-state index in [1.807, 2.05) is 0 Å². The molecule has 0 amide bonds. The van der Waals surface area contributed by atoms with Gasteiger partial charge in [0.15, 0.2) is 0 Å². The van der Waals surface area contributed by atoms with E-state index in [1.165, 1.54) is 0 Å². The molecule has 2 N–H and O–H groups in total. The minimum absolute atomic E-state index is 0.109. The van der Waals surface area contributed by atoms with Gasteiger partial charge in [0.05, 0.1) is 12.2 Å². The molecule has 2 aliphatic carbocycles. The van der Waals surface area contributed by atoms with Crippen LogP contribution in [0.4, 0.5) is 0 Å². The number of aliphatic hydroxyl groups excluding tert-OH is 1. The molecule has 0 bridgehead atoms. The van der Waals surface area contributed by atoms with E-state index < -0.39 is 5.60 Å². The zero-order chi connectivity index (χ0) is 9.04. The van der Waals surface area contributed by atoms with Gasteiger partial charge in [-0.3, -0.25) is 0 Å². The highest BCUT2D eigenvalue weighted by atomic mass is 16.3. The average Bonchev–Trinajstić information content (AvgIpc) is 2.61. The van der Waals surface area contributed by atoms with Gasteiger partial charge in [-0.05, 0) is 31.1 Å².